The number of pyridine rings is 1. The van der Waals surface area contributed by atoms with Crippen molar-refractivity contribution in [2.24, 2.45) is 5.73 Å². The molecule has 0 saturated carbocycles. The minimum absolute atomic E-state index is 0.398. The number of nitrogens with one attached hydrogen (secondary N) is 1. The van der Waals surface area contributed by atoms with Crippen LogP contribution in [0.25, 0.3) is 0 Å². The number of aromatic nitrogens is 1. The summed E-state index contributed by atoms with van der Waals surface area (Å²) in [5.41, 5.74) is 7.95. The van der Waals surface area contributed by atoms with Crippen molar-refractivity contribution in [2.75, 3.05) is 24.5 Å². The lowest BCUT2D eigenvalue weighted by Gasteiger charge is -2.32. The Morgan fingerprint density at radius 1 is 1.48 bits per heavy atom. The molecule has 0 radical (unpaired) electrons. The first-order valence-electron chi connectivity index (χ1n) is 7.79. The van der Waals surface area contributed by atoms with E-state index in [0.29, 0.717) is 11.6 Å². The minimum Gasteiger partial charge on any atom is -0.365 e. The number of anilines is 1. The largest absolute Gasteiger partial charge is 0.365 e. The molecule has 0 bridgehead atoms. The van der Waals surface area contributed by atoms with E-state index in [2.05, 4.69) is 22.1 Å². The summed E-state index contributed by atoms with van der Waals surface area (Å²) >= 11 is 0. The van der Waals surface area contributed by atoms with Crippen molar-refractivity contribution in [3.05, 3.63) is 22.9 Å². The van der Waals surface area contributed by atoms with Crippen molar-refractivity contribution in [3.63, 3.8) is 0 Å². The Labute approximate surface area is 126 Å². The summed E-state index contributed by atoms with van der Waals surface area (Å²) in [5.74, 6) is 0.333. The van der Waals surface area contributed by atoms with Crippen molar-refractivity contribution >= 4 is 11.7 Å². The first kappa shape index (κ1) is 15.8. The van der Waals surface area contributed by atoms with Gasteiger partial charge in [0.05, 0.1) is 5.56 Å². The molecule has 0 aromatic carbocycles. The van der Waals surface area contributed by atoms with E-state index in [4.69, 9.17) is 5.73 Å². The zero-order valence-corrected chi connectivity index (χ0v) is 13.3. The highest BCUT2D eigenvalue weighted by Gasteiger charge is 2.22. The van der Waals surface area contributed by atoms with Gasteiger partial charge in [-0.1, -0.05) is 6.42 Å². The fourth-order valence-corrected chi connectivity index (χ4v) is 3.06. The standard InChI is InChI=1S/C16H26N4O/c1-4-20(10-13-7-5-6-8-18-13)16-14(15(17)21)11(2)9-12(3)19-16/h9,13,18H,4-8,10H2,1-3H3,(H2,17,21). The summed E-state index contributed by atoms with van der Waals surface area (Å²) in [6.45, 7) is 8.72. The maximum Gasteiger partial charge on any atom is 0.252 e. The molecule has 1 aliphatic heterocycles. The highest BCUT2D eigenvalue weighted by molar-refractivity contribution is 5.99. The summed E-state index contributed by atoms with van der Waals surface area (Å²) in [6.07, 6.45) is 3.68. The number of hydrogen-bond acceptors (Lipinski definition) is 4. The first-order valence-corrected chi connectivity index (χ1v) is 7.79. The number of carbonyl (C=O) groups is 1. The second-order valence-corrected chi connectivity index (χ2v) is 5.83. The second kappa shape index (κ2) is 6.89. The van der Waals surface area contributed by atoms with Gasteiger partial charge < -0.3 is 16.0 Å². The second-order valence-electron chi connectivity index (χ2n) is 5.83. The Morgan fingerprint density at radius 2 is 2.24 bits per heavy atom. The monoisotopic (exact) mass is 290 g/mol. The van der Waals surface area contributed by atoms with Crippen LogP contribution >= 0.6 is 0 Å². The molecule has 0 aliphatic carbocycles. The minimum atomic E-state index is -0.398. The topological polar surface area (TPSA) is 71.2 Å². The van der Waals surface area contributed by atoms with Crippen molar-refractivity contribution in [2.45, 2.75) is 46.1 Å². The van der Waals surface area contributed by atoms with E-state index in [1.807, 2.05) is 19.9 Å². The summed E-state index contributed by atoms with van der Waals surface area (Å²) in [6, 6.07) is 2.37. The molecular weight excluding hydrogens is 264 g/mol. The van der Waals surface area contributed by atoms with Gasteiger partial charge in [-0.05, 0) is 51.8 Å². The Hall–Kier alpha value is -1.62. The van der Waals surface area contributed by atoms with Crippen LogP contribution in [0.1, 0.15) is 47.8 Å². The molecule has 1 unspecified atom stereocenters. The van der Waals surface area contributed by atoms with Gasteiger partial charge in [-0.2, -0.15) is 0 Å². The maximum atomic E-state index is 11.8. The molecule has 1 saturated heterocycles. The highest BCUT2D eigenvalue weighted by Crippen LogP contribution is 2.23. The number of piperidine rings is 1. The number of carbonyl (C=O) groups excluding carboxylic acids is 1. The van der Waals surface area contributed by atoms with Crippen LogP contribution in [0.2, 0.25) is 0 Å². The van der Waals surface area contributed by atoms with Gasteiger partial charge in [-0.3, -0.25) is 4.79 Å². The molecule has 1 fully saturated rings. The number of aryl methyl sites for hydroxylation is 2. The van der Waals surface area contributed by atoms with E-state index >= 15 is 0 Å². The van der Waals surface area contributed by atoms with Crippen LogP contribution < -0.4 is 16.0 Å². The van der Waals surface area contributed by atoms with Gasteiger partial charge in [0.25, 0.3) is 5.91 Å². The van der Waals surface area contributed by atoms with Gasteiger partial charge in [0.2, 0.25) is 0 Å². The lowest BCUT2D eigenvalue weighted by atomic mass is 10.0. The zero-order valence-electron chi connectivity index (χ0n) is 13.3. The van der Waals surface area contributed by atoms with Crippen molar-refractivity contribution in [3.8, 4) is 0 Å². The van der Waals surface area contributed by atoms with E-state index in [9.17, 15) is 4.79 Å². The quantitative estimate of drug-likeness (QED) is 0.867. The van der Waals surface area contributed by atoms with Crippen molar-refractivity contribution in [1.29, 1.82) is 0 Å². The summed E-state index contributed by atoms with van der Waals surface area (Å²) in [7, 11) is 0. The SMILES string of the molecule is CCN(CC1CCCCN1)c1nc(C)cc(C)c1C(N)=O. The van der Waals surface area contributed by atoms with Gasteiger partial charge in [-0.15, -0.1) is 0 Å². The van der Waals surface area contributed by atoms with E-state index in [0.717, 1.165) is 36.7 Å². The average Bonchev–Trinajstić information content (AvgIpc) is 2.44. The normalized spacial score (nSPS) is 18.5. The zero-order chi connectivity index (χ0) is 15.4. The lowest BCUT2D eigenvalue weighted by molar-refractivity contribution is 0.1000. The van der Waals surface area contributed by atoms with Crippen LogP contribution in [-0.2, 0) is 0 Å². The van der Waals surface area contributed by atoms with Crippen LogP contribution in [-0.4, -0.2) is 36.6 Å². The number of hydrogen-bond donors (Lipinski definition) is 2. The third kappa shape index (κ3) is 3.73. The predicted octanol–water partition coefficient (Wildman–Crippen LogP) is 1.77. The molecule has 116 valence electrons. The summed E-state index contributed by atoms with van der Waals surface area (Å²) in [5, 5.41) is 3.55. The Bertz CT molecular complexity index is 509. The number of likely N-dealkylation sites (N-methyl/N-ethyl adjacent to an activating group) is 1. The van der Waals surface area contributed by atoms with Gasteiger partial charge in [0.1, 0.15) is 5.82 Å². The number of amides is 1. The molecule has 5 nitrogen and oxygen atoms in total. The Kier molecular flexibility index (Phi) is 5.17. The van der Waals surface area contributed by atoms with Crippen LogP contribution in [0.3, 0.4) is 0 Å². The maximum absolute atomic E-state index is 11.8. The Balaban J connectivity index is 2.29. The summed E-state index contributed by atoms with van der Waals surface area (Å²) < 4.78 is 0. The summed E-state index contributed by atoms with van der Waals surface area (Å²) in [4.78, 5) is 18.6. The van der Waals surface area contributed by atoms with Crippen molar-refractivity contribution < 1.29 is 4.79 Å². The fraction of sp³-hybridized carbons (Fsp3) is 0.625. The third-order valence-electron chi connectivity index (χ3n) is 4.11. The van der Waals surface area contributed by atoms with Crippen LogP contribution in [0.5, 0.6) is 0 Å². The molecule has 1 atom stereocenters. The molecule has 1 aliphatic rings. The average molecular weight is 290 g/mol. The molecular formula is C16H26N4O. The van der Waals surface area contributed by atoms with E-state index in [-0.39, 0.29) is 0 Å². The highest BCUT2D eigenvalue weighted by atomic mass is 16.1. The van der Waals surface area contributed by atoms with Gasteiger partial charge in [0.15, 0.2) is 0 Å². The molecule has 2 rings (SSSR count). The van der Waals surface area contributed by atoms with E-state index in [1.54, 1.807) is 0 Å². The molecule has 1 amide bonds. The Morgan fingerprint density at radius 3 is 2.81 bits per heavy atom. The first-order chi connectivity index (χ1) is 10.0. The van der Waals surface area contributed by atoms with Crippen molar-refractivity contribution in [1.82, 2.24) is 10.3 Å². The number of primary amides is 1. The molecule has 2 heterocycles. The van der Waals surface area contributed by atoms with E-state index in [1.165, 1.54) is 19.3 Å². The van der Waals surface area contributed by atoms with Crippen LogP contribution in [0, 0.1) is 13.8 Å². The molecule has 21 heavy (non-hydrogen) atoms. The molecule has 1 aromatic heterocycles. The van der Waals surface area contributed by atoms with Crippen LogP contribution in [0.4, 0.5) is 5.82 Å². The fourth-order valence-electron chi connectivity index (χ4n) is 3.06. The van der Waals surface area contributed by atoms with Gasteiger partial charge in [-0.25, -0.2) is 4.98 Å². The van der Waals surface area contributed by atoms with E-state index < -0.39 is 5.91 Å². The number of rotatable bonds is 5. The third-order valence-corrected chi connectivity index (χ3v) is 4.11. The van der Waals surface area contributed by atoms with Crippen LogP contribution in [0.15, 0.2) is 6.07 Å². The predicted molar refractivity (Wildman–Crippen MR) is 85.8 cm³/mol. The lowest BCUT2D eigenvalue weighted by Crippen LogP contribution is -2.44. The van der Waals surface area contributed by atoms with Gasteiger partial charge >= 0.3 is 0 Å². The van der Waals surface area contributed by atoms with Gasteiger partial charge in [0, 0.05) is 24.8 Å². The number of nitrogens with two attached hydrogens (primary N) is 1. The molecule has 3 N–H and O–H groups in total. The molecule has 1 aromatic rings. The molecule has 5 heteroatoms. The smallest absolute Gasteiger partial charge is 0.252 e. The molecule has 0 spiro atoms. The number of nitrogens with zero attached hydrogens (tertiary/aromatic N) is 2.